The average Bonchev–Trinajstić information content (AvgIpc) is 3.74. The normalized spacial score (nSPS) is 16.6. The van der Waals surface area contributed by atoms with Gasteiger partial charge in [0.05, 0.1) is 43.4 Å². The lowest BCUT2D eigenvalue weighted by Crippen LogP contribution is -2.55. The Hall–Kier alpha value is -5.55. The predicted molar refractivity (Wildman–Crippen MR) is 239 cm³/mol. The monoisotopic (exact) mass is 891 g/mol. The van der Waals surface area contributed by atoms with Crippen molar-refractivity contribution in [3.63, 3.8) is 0 Å². The average molecular weight is 892 g/mol. The molecule has 0 radical (unpaired) electrons. The van der Waals surface area contributed by atoms with Gasteiger partial charge in [-0.3, -0.25) is 9.59 Å². The maximum Gasteiger partial charge on any atom is 0.335 e. The lowest BCUT2D eigenvalue weighted by Gasteiger charge is -2.43. The highest BCUT2D eigenvalue weighted by molar-refractivity contribution is 6.30. The number of alkyl halides is 2. The standard InChI is InChI=1S/C46H56ClF2N7O7/c1-3-34-29-55(45(58)36-11-10-31(47)26-38(36)43(48)49)19-20-56(34)40-13-12-39(37-8-5-6-9-41(37)62-4-2)53-42(40)44(57)52-32-14-18-54(28-32)17-7-21-63-35-25-30(46(59)60)24-33(27-35)51-16-23-61-22-15-50/h5-6,8-13,24-27,32,34,43,51H,3-4,7,14-23,28-29,50H2,1-2H3,(H,52,57)(H,59,60). The van der Waals surface area contributed by atoms with Crippen LogP contribution >= 0.6 is 11.6 Å². The Morgan fingerprint density at radius 3 is 2.56 bits per heavy atom. The molecule has 63 heavy (non-hydrogen) atoms. The summed E-state index contributed by atoms with van der Waals surface area (Å²) in [5, 5.41) is 16.2. The van der Waals surface area contributed by atoms with Crippen molar-refractivity contribution in [1.29, 1.82) is 0 Å². The van der Waals surface area contributed by atoms with Gasteiger partial charge in [0.15, 0.2) is 5.69 Å². The van der Waals surface area contributed by atoms with Gasteiger partial charge in [-0.2, -0.15) is 0 Å². The number of hydrogen-bond donors (Lipinski definition) is 4. The van der Waals surface area contributed by atoms with Crippen molar-refractivity contribution in [3.8, 4) is 22.8 Å². The van der Waals surface area contributed by atoms with Crippen molar-refractivity contribution in [2.45, 2.75) is 51.6 Å². The summed E-state index contributed by atoms with van der Waals surface area (Å²) in [5.74, 6) is -0.796. The molecule has 0 bridgehead atoms. The molecule has 2 unspecified atom stereocenters. The van der Waals surface area contributed by atoms with Crippen LogP contribution in [0.4, 0.5) is 20.2 Å². The van der Waals surface area contributed by atoms with E-state index in [0.29, 0.717) is 101 Å². The number of halogens is 3. The van der Waals surface area contributed by atoms with Crippen molar-refractivity contribution in [2.24, 2.45) is 5.73 Å². The molecule has 0 spiro atoms. The molecule has 338 valence electrons. The topological polar surface area (TPSA) is 172 Å². The quantitative estimate of drug-likeness (QED) is 0.0644. The first-order valence-corrected chi connectivity index (χ1v) is 21.8. The number of carboxylic acid groups (broad SMARTS) is 1. The van der Waals surface area contributed by atoms with Crippen LogP contribution in [-0.4, -0.2) is 129 Å². The second-order valence-electron chi connectivity index (χ2n) is 15.4. The summed E-state index contributed by atoms with van der Waals surface area (Å²) in [5.41, 5.74) is 7.87. The molecule has 17 heteroatoms. The molecule has 4 aromatic rings. The van der Waals surface area contributed by atoms with Crippen molar-refractivity contribution in [3.05, 3.63) is 100 Å². The van der Waals surface area contributed by atoms with Gasteiger partial charge in [-0.05, 0) is 80.8 Å². The first-order chi connectivity index (χ1) is 30.5. The molecule has 2 aliphatic rings. The number of piperazine rings is 1. The fourth-order valence-corrected chi connectivity index (χ4v) is 8.17. The third-order valence-corrected chi connectivity index (χ3v) is 11.3. The van der Waals surface area contributed by atoms with Crippen LogP contribution < -0.4 is 30.7 Å². The second kappa shape index (κ2) is 22.7. The third kappa shape index (κ3) is 12.3. The van der Waals surface area contributed by atoms with Gasteiger partial charge in [-0.25, -0.2) is 18.6 Å². The lowest BCUT2D eigenvalue weighted by atomic mass is 10.0. The Bertz CT molecular complexity index is 2200. The van der Waals surface area contributed by atoms with Gasteiger partial charge in [0.1, 0.15) is 11.5 Å². The zero-order valence-electron chi connectivity index (χ0n) is 35.7. The Morgan fingerprint density at radius 1 is 0.968 bits per heavy atom. The molecule has 6 rings (SSSR count). The summed E-state index contributed by atoms with van der Waals surface area (Å²) in [6, 6.07) is 19.6. The van der Waals surface area contributed by atoms with Crippen molar-refractivity contribution < 1.29 is 42.5 Å². The van der Waals surface area contributed by atoms with Crippen molar-refractivity contribution in [1.82, 2.24) is 20.1 Å². The fourth-order valence-electron chi connectivity index (χ4n) is 7.99. The summed E-state index contributed by atoms with van der Waals surface area (Å²) in [7, 11) is 0. The van der Waals surface area contributed by atoms with Gasteiger partial charge in [-0.15, -0.1) is 0 Å². The van der Waals surface area contributed by atoms with E-state index in [1.807, 2.05) is 50.2 Å². The van der Waals surface area contributed by atoms with E-state index in [1.54, 1.807) is 17.0 Å². The summed E-state index contributed by atoms with van der Waals surface area (Å²) >= 11 is 6.00. The maximum atomic E-state index is 14.4. The first-order valence-electron chi connectivity index (χ1n) is 21.4. The zero-order valence-corrected chi connectivity index (χ0v) is 36.4. The van der Waals surface area contributed by atoms with Crippen LogP contribution in [0.2, 0.25) is 5.02 Å². The van der Waals surface area contributed by atoms with E-state index in [-0.39, 0.29) is 52.9 Å². The number of benzene rings is 3. The zero-order chi connectivity index (χ0) is 44.9. The van der Waals surface area contributed by atoms with E-state index in [4.69, 9.17) is 36.5 Å². The minimum absolute atomic E-state index is 0.0800. The Labute approximate surface area is 371 Å². The number of rotatable bonds is 21. The number of nitrogens with one attached hydrogen (secondary N) is 2. The molecule has 0 saturated carbocycles. The van der Waals surface area contributed by atoms with Crippen LogP contribution in [0.1, 0.15) is 76.3 Å². The van der Waals surface area contributed by atoms with Gasteiger partial charge < -0.3 is 50.4 Å². The van der Waals surface area contributed by atoms with Crippen LogP contribution in [-0.2, 0) is 4.74 Å². The second-order valence-corrected chi connectivity index (χ2v) is 15.8. The molecule has 14 nitrogen and oxygen atoms in total. The molecule has 2 saturated heterocycles. The van der Waals surface area contributed by atoms with E-state index in [2.05, 4.69) is 20.4 Å². The number of likely N-dealkylation sites (tertiary alicyclic amines) is 1. The Morgan fingerprint density at radius 2 is 1.79 bits per heavy atom. The van der Waals surface area contributed by atoms with Crippen molar-refractivity contribution in [2.75, 3.05) is 89.0 Å². The SMILES string of the molecule is CCOc1ccccc1-c1ccc(N2CCN(C(=O)c3ccc(Cl)cc3C(F)F)CC2CC)c(C(=O)NC2CCN(CCCOc3cc(NCCOCCN)cc(C(=O)O)c3)C2)n1. The number of ether oxygens (including phenoxy) is 3. The molecule has 2 aliphatic heterocycles. The molecule has 2 amide bonds. The van der Waals surface area contributed by atoms with E-state index >= 15 is 0 Å². The number of nitrogens with two attached hydrogens (primary N) is 1. The number of para-hydroxylation sites is 1. The maximum absolute atomic E-state index is 14.4. The number of carbonyl (C=O) groups is 3. The Kier molecular flexibility index (Phi) is 16.9. The largest absolute Gasteiger partial charge is 0.493 e. The van der Waals surface area contributed by atoms with E-state index in [0.717, 1.165) is 24.6 Å². The van der Waals surface area contributed by atoms with Crippen LogP contribution in [0.25, 0.3) is 11.3 Å². The van der Waals surface area contributed by atoms with Crippen LogP contribution in [0.15, 0.2) is 72.8 Å². The summed E-state index contributed by atoms with van der Waals surface area (Å²) < 4.78 is 45.2. The molecular weight excluding hydrogens is 836 g/mol. The van der Waals surface area contributed by atoms with Gasteiger partial charge in [-0.1, -0.05) is 30.7 Å². The predicted octanol–water partition coefficient (Wildman–Crippen LogP) is 6.84. The fraction of sp³-hybridized carbons (Fsp3) is 0.435. The van der Waals surface area contributed by atoms with Gasteiger partial charge in [0, 0.05) is 97.9 Å². The number of hydrogen-bond acceptors (Lipinski definition) is 11. The minimum Gasteiger partial charge on any atom is -0.493 e. The highest BCUT2D eigenvalue weighted by atomic mass is 35.5. The molecule has 2 atom stereocenters. The number of amides is 2. The Balaban J connectivity index is 1.12. The highest BCUT2D eigenvalue weighted by Gasteiger charge is 2.34. The number of carboxylic acids is 1. The van der Waals surface area contributed by atoms with Gasteiger partial charge >= 0.3 is 5.97 Å². The molecular formula is C46H56ClF2N7O7. The first kappa shape index (κ1) is 46.9. The lowest BCUT2D eigenvalue weighted by molar-refractivity contribution is 0.0692. The molecule has 3 aromatic carbocycles. The van der Waals surface area contributed by atoms with Gasteiger partial charge in [0.2, 0.25) is 0 Å². The summed E-state index contributed by atoms with van der Waals surface area (Å²) in [4.78, 5) is 50.8. The van der Waals surface area contributed by atoms with Crippen LogP contribution in [0, 0.1) is 0 Å². The van der Waals surface area contributed by atoms with E-state index in [9.17, 15) is 28.3 Å². The van der Waals surface area contributed by atoms with Crippen molar-refractivity contribution >= 4 is 40.8 Å². The summed E-state index contributed by atoms with van der Waals surface area (Å²) in [6.45, 7) is 9.41. The number of carbonyl (C=O) groups excluding carboxylic acids is 2. The smallest absolute Gasteiger partial charge is 0.335 e. The third-order valence-electron chi connectivity index (χ3n) is 11.1. The molecule has 5 N–H and O–H groups in total. The number of aromatic nitrogens is 1. The molecule has 2 fully saturated rings. The number of aromatic carboxylic acids is 1. The van der Waals surface area contributed by atoms with Crippen LogP contribution in [0.3, 0.4) is 0 Å². The molecule has 1 aromatic heterocycles. The number of nitrogens with zero attached hydrogens (tertiary/aromatic N) is 4. The van der Waals surface area contributed by atoms with E-state index in [1.165, 1.54) is 18.2 Å². The van der Waals surface area contributed by atoms with Gasteiger partial charge in [0.25, 0.3) is 18.2 Å². The molecule has 3 heterocycles. The minimum atomic E-state index is -2.86. The van der Waals surface area contributed by atoms with E-state index < -0.39 is 23.9 Å². The number of pyridine rings is 1. The highest BCUT2D eigenvalue weighted by Crippen LogP contribution is 2.34. The number of anilines is 2. The van der Waals surface area contributed by atoms with Crippen LogP contribution in [0.5, 0.6) is 11.5 Å². The molecule has 0 aliphatic carbocycles. The summed E-state index contributed by atoms with van der Waals surface area (Å²) in [6.07, 6.45) is -0.855.